The Labute approximate surface area is 102 Å². The van der Waals surface area contributed by atoms with Crippen molar-refractivity contribution < 1.29 is 9.84 Å². The standard InChI is InChI=1S/C14H17NO2/c1-11(12-5-3-2-4-6-12)13(16)14(9-15)7-8-17-10-14/h2-6,11,13,16H,7-8,10H2,1H3. The maximum absolute atomic E-state index is 10.4. The number of aliphatic hydroxyl groups excluding tert-OH is 1. The summed E-state index contributed by atoms with van der Waals surface area (Å²) in [6.07, 6.45) is -0.0700. The molecule has 1 fully saturated rings. The highest BCUT2D eigenvalue weighted by molar-refractivity contribution is 5.23. The first kappa shape index (κ1) is 12.1. The van der Waals surface area contributed by atoms with Crippen LogP contribution in [0.4, 0.5) is 0 Å². The van der Waals surface area contributed by atoms with Crippen LogP contribution in [-0.2, 0) is 4.74 Å². The second-order valence-corrected chi connectivity index (χ2v) is 4.71. The van der Waals surface area contributed by atoms with Crippen molar-refractivity contribution >= 4 is 0 Å². The van der Waals surface area contributed by atoms with Crippen LogP contribution in [0.5, 0.6) is 0 Å². The number of rotatable bonds is 3. The van der Waals surface area contributed by atoms with Gasteiger partial charge in [-0.2, -0.15) is 5.26 Å². The molecule has 1 saturated heterocycles. The molecule has 1 N–H and O–H groups in total. The smallest absolute Gasteiger partial charge is 0.109 e. The van der Waals surface area contributed by atoms with Gasteiger partial charge in [-0.3, -0.25) is 0 Å². The third-order valence-electron chi connectivity index (χ3n) is 3.64. The molecule has 1 aromatic carbocycles. The minimum atomic E-state index is -0.741. The number of hydrogen-bond acceptors (Lipinski definition) is 3. The van der Waals surface area contributed by atoms with Crippen molar-refractivity contribution in [2.24, 2.45) is 5.41 Å². The monoisotopic (exact) mass is 231 g/mol. The number of aliphatic hydroxyl groups is 1. The molecule has 0 aliphatic carbocycles. The highest BCUT2D eigenvalue weighted by Crippen LogP contribution is 2.38. The Kier molecular flexibility index (Phi) is 3.46. The van der Waals surface area contributed by atoms with Crippen LogP contribution in [0.1, 0.15) is 24.8 Å². The summed E-state index contributed by atoms with van der Waals surface area (Å²) in [7, 11) is 0. The summed E-state index contributed by atoms with van der Waals surface area (Å²) in [6.45, 7) is 2.85. The summed E-state index contributed by atoms with van der Waals surface area (Å²) in [5.41, 5.74) is 0.316. The Hall–Kier alpha value is -1.37. The van der Waals surface area contributed by atoms with Crippen LogP contribution in [-0.4, -0.2) is 24.4 Å². The third-order valence-corrected chi connectivity index (χ3v) is 3.64. The maximum atomic E-state index is 10.4. The summed E-state index contributed by atoms with van der Waals surface area (Å²) < 4.78 is 5.28. The van der Waals surface area contributed by atoms with Crippen molar-refractivity contribution in [3.05, 3.63) is 35.9 Å². The van der Waals surface area contributed by atoms with E-state index in [1.54, 1.807) is 0 Å². The third kappa shape index (κ3) is 2.19. The highest BCUT2D eigenvalue weighted by atomic mass is 16.5. The molecule has 0 saturated carbocycles. The molecule has 1 aliphatic heterocycles. The van der Waals surface area contributed by atoms with Crippen molar-refractivity contribution in [3.63, 3.8) is 0 Å². The van der Waals surface area contributed by atoms with Gasteiger partial charge in [0.05, 0.1) is 18.8 Å². The van der Waals surface area contributed by atoms with Gasteiger partial charge in [0.25, 0.3) is 0 Å². The highest BCUT2D eigenvalue weighted by Gasteiger charge is 2.44. The quantitative estimate of drug-likeness (QED) is 0.866. The second-order valence-electron chi connectivity index (χ2n) is 4.71. The Morgan fingerprint density at radius 2 is 2.12 bits per heavy atom. The van der Waals surface area contributed by atoms with E-state index in [4.69, 9.17) is 4.74 Å². The van der Waals surface area contributed by atoms with Gasteiger partial charge in [-0.05, 0) is 12.0 Å². The topological polar surface area (TPSA) is 53.2 Å². The first-order chi connectivity index (χ1) is 8.19. The van der Waals surface area contributed by atoms with E-state index in [0.717, 1.165) is 5.56 Å². The largest absolute Gasteiger partial charge is 0.391 e. The lowest BCUT2D eigenvalue weighted by molar-refractivity contribution is 0.0345. The van der Waals surface area contributed by atoms with Crippen LogP contribution >= 0.6 is 0 Å². The van der Waals surface area contributed by atoms with Gasteiger partial charge in [-0.15, -0.1) is 0 Å². The molecule has 0 spiro atoms. The molecule has 17 heavy (non-hydrogen) atoms. The van der Waals surface area contributed by atoms with E-state index in [-0.39, 0.29) is 5.92 Å². The Bertz CT molecular complexity index is 404. The fourth-order valence-electron chi connectivity index (χ4n) is 2.39. The van der Waals surface area contributed by atoms with Crippen molar-refractivity contribution in [3.8, 4) is 6.07 Å². The van der Waals surface area contributed by atoms with E-state index in [9.17, 15) is 10.4 Å². The van der Waals surface area contributed by atoms with E-state index in [1.165, 1.54) is 0 Å². The van der Waals surface area contributed by atoms with Gasteiger partial charge in [0.15, 0.2) is 0 Å². The van der Waals surface area contributed by atoms with Gasteiger partial charge in [0, 0.05) is 12.5 Å². The molecule has 1 aromatic rings. The van der Waals surface area contributed by atoms with Gasteiger partial charge in [0.1, 0.15) is 5.41 Å². The van der Waals surface area contributed by atoms with E-state index >= 15 is 0 Å². The van der Waals surface area contributed by atoms with Crippen LogP contribution in [0.2, 0.25) is 0 Å². The molecule has 2 rings (SSSR count). The first-order valence-electron chi connectivity index (χ1n) is 5.91. The fourth-order valence-corrected chi connectivity index (χ4v) is 2.39. The minimum Gasteiger partial charge on any atom is -0.391 e. The normalized spacial score (nSPS) is 27.4. The molecule has 0 bridgehead atoms. The summed E-state index contributed by atoms with van der Waals surface area (Å²) in [6, 6.07) is 12.1. The maximum Gasteiger partial charge on any atom is 0.109 e. The van der Waals surface area contributed by atoms with Crippen LogP contribution in [0.15, 0.2) is 30.3 Å². The zero-order chi connectivity index (χ0) is 12.3. The van der Waals surface area contributed by atoms with E-state index < -0.39 is 11.5 Å². The molecular formula is C14H17NO2. The molecule has 1 aliphatic rings. The summed E-state index contributed by atoms with van der Waals surface area (Å²) in [5.74, 6) is -0.0578. The molecule has 0 aromatic heterocycles. The van der Waals surface area contributed by atoms with E-state index in [0.29, 0.717) is 19.6 Å². The zero-order valence-electron chi connectivity index (χ0n) is 9.97. The van der Waals surface area contributed by atoms with Crippen LogP contribution in [0.25, 0.3) is 0 Å². The minimum absolute atomic E-state index is 0.0578. The lowest BCUT2D eigenvalue weighted by Gasteiger charge is -2.30. The molecule has 1 heterocycles. The van der Waals surface area contributed by atoms with E-state index in [1.807, 2.05) is 37.3 Å². The average Bonchev–Trinajstić information content (AvgIpc) is 2.88. The second kappa shape index (κ2) is 4.87. The Balaban J connectivity index is 2.20. The van der Waals surface area contributed by atoms with Gasteiger partial charge in [-0.1, -0.05) is 37.3 Å². The number of nitrogens with zero attached hydrogens (tertiary/aromatic N) is 1. The first-order valence-corrected chi connectivity index (χ1v) is 5.91. The molecule has 3 unspecified atom stereocenters. The predicted octanol–water partition coefficient (Wildman–Crippen LogP) is 2.08. The number of benzene rings is 1. The van der Waals surface area contributed by atoms with Gasteiger partial charge in [-0.25, -0.2) is 0 Å². The van der Waals surface area contributed by atoms with Crippen molar-refractivity contribution in [2.75, 3.05) is 13.2 Å². The molecule has 3 heteroatoms. The SMILES string of the molecule is CC(c1ccccc1)C(O)C1(C#N)CCOC1. The van der Waals surface area contributed by atoms with Gasteiger partial charge < -0.3 is 9.84 Å². The molecule has 0 amide bonds. The molecule has 3 nitrogen and oxygen atoms in total. The van der Waals surface area contributed by atoms with Crippen LogP contribution < -0.4 is 0 Å². The van der Waals surface area contributed by atoms with Crippen LogP contribution in [0, 0.1) is 16.7 Å². The number of ether oxygens (including phenoxy) is 1. The van der Waals surface area contributed by atoms with Gasteiger partial charge >= 0.3 is 0 Å². The van der Waals surface area contributed by atoms with Crippen molar-refractivity contribution in [1.82, 2.24) is 0 Å². The summed E-state index contributed by atoms with van der Waals surface area (Å²) in [4.78, 5) is 0. The van der Waals surface area contributed by atoms with Gasteiger partial charge in [0.2, 0.25) is 0 Å². The molecule has 90 valence electrons. The Morgan fingerprint density at radius 3 is 2.65 bits per heavy atom. The lowest BCUT2D eigenvalue weighted by atomic mass is 9.75. The lowest BCUT2D eigenvalue weighted by Crippen LogP contribution is -2.38. The van der Waals surface area contributed by atoms with Crippen molar-refractivity contribution in [1.29, 1.82) is 5.26 Å². The van der Waals surface area contributed by atoms with Crippen molar-refractivity contribution in [2.45, 2.75) is 25.4 Å². The predicted molar refractivity (Wildman–Crippen MR) is 64.3 cm³/mol. The van der Waals surface area contributed by atoms with Crippen LogP contribution in [0.3, 0.4) is 0 Å². The molecular weight excluding hydrogens is 214 g/mol. The number of nitriles is 1. The number of hydrogen-bond donors (Lipinski definition) is 1. The fraction of sp³-hybridized carbons (Fsp3) is 0.500. The molecule has 3 atom stereocenters. The van der Waals surface area contributed by atoms with E-state index in [2.05, 4.69) is 6.07 Å². The average molecular weight is 231 g/mol. The Morgan fingerprint density at radius 1 is 1.41 bits per heavy atom. The summed E-state index contributed by atoms with van der Waals surface area (Å²) >= 11 is 0. The molecule has 0 radical (unpaired) electrons. The summed E-state index contributed by atoms with van der Waals surface area (Å²) in [5, 5.41) is 19.7. The zero-order valence-corrected chi connectivity index (χ0v) is 9.97.